The van der Waals surface area contributed by atoms with E-state index < -0.39 is 0 Å². The number of pyridine rings is 1. The second-order valence-corrected chi connectivity index (χ2v) is 6.16. The molecule has 1 aromatic heterocycles. The lowest BCUT2D eigenvalue weighted by Crippen LogP contribution is -2.45. The third kappa shape index (κ3) is 3.17. The molecule has 1 saturated heterocycles. The summed E-state index contributed by atoms with van der Waals surface area (Å²) in [6.07, 6.45) is 0.479. The van der Waals surface area contributed by atoms with Gasteiger partial charge in [0.05, 0.1) is 12.2 Å². The Morgan fingerprint density at radius 2 is 1.95 bits per heavy atom. The van der Waals surface area contributed by atoms with Gasteiger partial charge in [-0.05, 0) is 32.9 Å². The van der Waals surface area contributed by atoms with E-state index >= 15 is 0 Å². The fraction of sp³-hybridized carbons (Fsp3) is 0.471. The van der Waals surface area contributed by atoms with Crippen LogP contribution in [-0.4, -0.2) is 35.2 Å². The molecule has 2 aromatic rings. The highest BCUT2D eigenvalue weighted by Crippen LogP contribution is 2.15. The van der Waals surface area contributed by atoms with Crippen molar-refractivity contribution in [2.45, 2.75) is 39.5 Å². The van der Waals surface area contributed by atoms with Crippen LogP contribution in [0.2, 0.25) is 0 Å². The second kappa shape index (κ2) is 5.62. The Bertz CT molecular complexity index is 697. The second-order valence-electron chi connectivity index (χ2n) is 6.16. The molecule has 1 N–H and O–H groups in total. The van der Waals surface area contributed by atoms with Crippen LogP contribution in [0.5, 0.6) is 0 Å². The van der Waals surface area contributed by atoms with Gasteiger partial charge in [0.2, 0.25) is 0 Å². The lowest BCUT2D eigenvalue weighted by atomic mass is 10.1. The molecule has 0 spiro atoms. The Balaban J connectivity index is 1.87. The van der Waals surface area contributed by atoms with E-state index in [2.05, 4.69) is 23.7 Å². The predicted octanol–water partition coefficient (Wildman–Crippen LogP) is 2.45. The van der Waals surface area contributed by atoms with E-state index in [1.54, 1.807) is 6.07 Å². The topological polar surface area (TPSA) is 45.3 Å². The van der Waals surface area contributed by atoms with Crippen LogP contribution in [-0.2, 0) is 11.3 Å². The molecule has 0 amide bonds. The monoisotopic (exact) mass is 286 g/mol. The number of benzene rings is 1. The number of aromatic nitrogens is 1. The van der Waals surface area contributed by atoms with Crippen molar-refractivity contribution >= 4 is 10.9 Å². The first-order chi connectivity index (χ1) is 10.0. The zero-order valence-electron chi connectivity index (χ0n) is 12.8. The zero-order valence-corrected chi connectivity index (χ0v) is 12.8. The van der Waals surface area contributed by atoms with Crippen LogP contribution in [0, 0.1) is 6.92 Å². The summed E-state index contributed by atoms with van der Waals surface area (Å²) in [5.41, 5.74) is 3.09. The van der Waals surface area contributed by atoms with Gasteiger partial charge in [0.1, 0.15) is 0 Å². The zero-order chi connectivity index (χ0) is 15.0. The minimum atomic E-state index is 0.0943. The van der Waals surface area contributed by atoms with Crippen molar-refractivity contribution in [3.05, 3.63) is 45.7 Å². The number of ether oxygens (including phenoxy) is 1. The molecule has 1 aromatic carbocycles. The maximum absolute atomic E-state index is 12.3. The number of hydrogen-bond donors (Lipinski definition) is 1. The van der Waals surface area contributed by atoms with E-state index in [1.807, 2.05) is 25.1 Å². The highest BCUT2D eigenvalue weighted by molar-refractivity contribution is 5.79. The summed E-state index contributed by atoms with van der Waals surface area (Å²) in [6, 6.07) is 7.68. The minimum absolute atomic E-state index is 0.0943. The number of aromatic amines is 1. The molecule has 0 aliphatic carbocycles. The van der Waals surface area contributed by atoms with E-state index in [0.717, 1.165) is 41.8 Å². The van der Waals surface area contributed by atoms with Gasteiger partial charge in [0.15, 0.2) is 5.43 Å². The largest absolute Gasteiger partial charge is 0.373 e. The van der Waals surface area contributed by atoms with Gasteiger partial charge in [-0.15, -0.1) is 0 Å². The van der Waals surface area contributed by atoms with Crippen LogP contribution in [0.1, 0.15) is 25.1 Å². The summed E-state index contributed by atoms with van der Waals surface area (Å²) in [5.74, 6) is 0. The normalized spacial score (nSPS) is 23.6. The molecular formula is C17H22N2O2. The average Bonchev–Trinajstić information content (AvgIpc) is 2.38. The molecule has 0 radical (unpaired) electrons. The molecule has 1 aliphatic rings. The fourth-order valence-corrected chi connectivity index (χ4v) is 3.16. The van der Waals surface area contributed by atoms with Crippen LogP contribution in [0.25, 0.3) is 10.9 Å². The Kier molecular flexibility index (Phi) is 3.83. The van der Waals surface area contributed by atoms with Gasteiger partial charge in [-0.1, -0.05) is 11.6 Å². The first-order valence-corrected chi connectivity index (χ1v) is 7.51. The number of rotatable bonds is 2. The SMILES string of the molecule is Cc1ccc2[nH]c(CN3C[C@@H](C)O[C@@H](C)C3)cc(=O)c2c1. The van der Waals surface area contributed by atoms with Crippen molar-refractivity contribution in [3.63, 3.8) is 0 Å². The van der Waals surface area contributed by atoms with Crippen LogP contribution >= 0.6 is 0 Å². The van der Waals surface area contributed by atoms with Crippen LogP contribution in [0.3, 0.4) is 0 Å². The van der Waals surface area contributed by atoms with Gasteiger partial charge in [-0.3, -0.25) is 9.69 Å². The van der Waals surface area contributed by atoms with Crippen molar-refractivity contribution in [2.24, 2.45) is 0 Å². The number of aryl methyl sites for hydroxylation is 1. The van der Waals surface area contributed by atoms with Gasteiger partial charge in [0.25, 0.3) is 0 Å². The summed E-state index contributed by atoms with van der Waals surface area (Å²) >= 11 is 0. The lowest BCUT2D eigenvalue weighted by Gasteiger charge is -2.35. The lowest BCUT2D eigenvalue weighted by molar-refractivity contribution is -0.0707. The van der Waals surface area contributed by atoms with Crippen LogP contribution < -0.4 is 5.43 Å². The number of morpholine rings is 1. The van der Waals surface area contributed by atoms with E-state index in [4.69, 9.17) is 4.74 Å². The van der Waals surface area contributed by atoms with E-state index in [0.29, 0.717) is 0 Å². The Morgan fingerprint density at radius 3 is 2.67 bits per heavy atom. The average molecular weight is 286 g/mol. The summed E-state index contributed by atoms with van der Waals surface area (Å²) in [7, 11) is 0. The van der Waals surface area contributed by atoms with Gasteiger partial charge >= 0.3 is 0 Å². The molecule has 0 bridgehead atoms. The molecule has 4 nitrogen and oxygen atoms in total. The first kappa shape index (κ1) is 14.3. The van der Waals surface area contributed by atoms with Gasteiger partial charge < -0.3 is 9.72 Å². The molecule has 4 heteroatoms. The summed E-state index contributed by atoms with van der Waals surface area (Å²) in [4.78, 5) is 18.0. The maximum atomic E-state index is 12.3. The van der Waals surface area contributed by atoms with Gasteiger partial charge in [-0.25, -0.2) is 0 Å². The molecule has 2 atom stereocenters. The van der Waals surface area contributed by atoms with Crippen molar-refractivity contribution in [1.29, 1.82) is 0 Å². The fourth-order valence-electron chi connectivity index (χ4n) is 3.16. The Hall–Kier alpha value is -1.65. The summed E-state index contributed by atoms with van der Waals surface area (Å²) in [6.45, 7) is 8.75. The quantitative estimate of drug-likeness (QED) is 0.922. The Morgan fingerprint density at radius 1 is 1.24 bits per heavy atom. The standard InChI is InChI=1S/C17H22N2O2/c1-11-4-5-16-15(6-11)17(20)7-14(18-16)10-19-8-12(2)21-13(3)9-19/h4-7,12-13H,8-10H2,1-3H3,(H,18,20)/t12-,13+. The first-order valence-electron chi connectivity index (χ1n) is 7.51. The third-order valence-corrected chi connectivity index (χ3v) is 3.93. The molecule has 1 aliphatic heterocycles. The number of nitrogens with zero attached hydrogens (tertiary/aromatic N) is 1. The highest BCUT2D eigenvalue weighted by Gasteiger charge is 2.22. The molecular weight excluding hydrogens is 264 g/mol. The maximum Gasteiger partial charge on any atom is 0.189 e. The summed E-state index contributed by atoms with van der Waals surface area (Å²) < 4.78 is 5.75. The van der Waals surface area contributed by atoms with Crippen molar-refractivity contribution < 1.29 is 4.74 Å². The van der Waals surface area contributed by atoms with Crippen molar-refractivity contribution in [3.8, 4) is 0 Å². The molecule has 2 heterocycles. The minimum Gasteiger partial charge on any atom is -0.373 e. The summed E-state index contributed by atoms with van der Waals surface area (Å²) in [5, 5.41) is 0.766. The highest BCUT2D eigenvalue weighted by atomic mass is 16.5. The smallest absolute Gasteiger partial charge is 0.189 e. The van der Waals surface area contributed by atoms with Crippen molar-refractivity contribution in [1.82, 2.24) is 9.88 Å². The van der Waals surface area contributed by atoms with E-state index in [-0.39, 0.29) is 17.6 Å². The number of fused-ring (bicyclic) bond motifs is 1. The molecule has 0 unspecified atom stereocenters. The van der Waals surface area contributed by atoms with Gasteiger partial charge in [-0.2, -0.15) is 0 Å². The Labute approximate surface area is 124 Å². The molecule has 112 valence electrons. The van der Waals surface area contributed by atoms with E-state index in [9.17, 15) is 4.79 Å². The third-order valence-electron chi connectivity index (χ3n) is 3.93. The number of hydrogen-bond acceptors (Lipinski definition) is 3. The molecule has 21 heavy (non-hydrogen) atoms. The molecule has 3 rings (SSSR count). The van der Waals surface area contributed by atoms with Gasteiger partial charge in [0, 0.05) is 42.3 Å². The van der Waals surface area contributed by atoms with Crippen molar-refractivity contribution in [2.75, 3.05) is 13.1 Å². The van der Waals surface area contributed by atoms with Crippen LogP contribution in [0.15, 0.2) is 29.1 Å². The van der Waals surface area contributed by atoms with E-state index in [1.165, 1.54) is 0 Å². The number of nitrogens with one attached hydrogen (secondary N) is 1. The molecule has 0 saturated carbocycles. The molecule has 1 fully saturated rings. The number of H-pyrrole nitrogens is 1. The predicted molar refractivity (Wildman–Crippen MR) is 84.6 cm³/mol. The van der Waals surface area contributed by atoms with Crippen LogP contribution in [0.4, 0.5) is 0 Å².